The smallest absolute Gasteiger partial charge is 0.416 e. The first-order valence-corrected chi connectivity index (χ1v) is 8.37. The van der Waals surface area contributed by atoms with Crippen LogP contribution in [-0.2, 0) is 22.3 Å². The number of hydrogen-bond donors (Lipinski definition) is 2. The molecule has 2 amide bonds. The fourth-order valence-electron chi connectivity index (χ4n) is 2.89. The molecule has 1 aromatic carbocycles. The second kappa shape index (κ2) is 7.81. The Hall–Kier alpha value is -3.57. The summed E-state index contributed by atoms with van der Waals surface area (Å²) in [5.74, 6) is -1.05. The zero-order valence-electron chi connectivity index (χ0n) is 14.7. The molecule has 1 aromatic heterocycles. The molecule has 0 saturated carbocycles. The zero-order chi connectivity index (χ0) is 21.2. The van der Waals surface area contributed by atoms with Gasteiger partial charge >= 0.3 is 6.18 Å². The Balaban J connectivity index is 1.63. The SMILES string of the molecule is O=C(NNc1ccc(C(F)(F)F)cc1[N+](=O)[O-])C1CC(=O)N(Cc2ccco2)C1. The van der Waals surface area contributed by atoms with E-state index in [0.29, 0.717) is 17.9 Å². The van der Waals surface area contributed by atoms with Crippen LogP contribution in [0.4, 0.5) is 24.5 Å². The highest BCUT2D eigenvalue weighted by Crippen LogP contribution is 2.34. The summed E-state index contributed by atoms with van der Waals surface area (Å²) >= 11 is 0. The van der Waals surface area contributed by atoms with Crippen LogP contribution in [0.25, 0.3) is 0 Å². The predicted octanol–water partition coefficient (Wildman–Crippen LogP) is 2.70. The maximum Gasteiger partial charge on any atom is 0.416 e. The molecule has 0 radical (unpaired) electrons. The van der Waals surface area contributed by atoms with E-state index < -0.39 is 34.2 Å². The molecule has 1 aliphatic rings. The molecule has 2 heterocycles. The van der Waals surface area contributed by atoms with E-state index in [9.17, 15) is 32.9 Å². The Morgan fingerprint density at radius 3 is 2.72 bits per heavy atom. The molecule has 1 atom stereocenters. The van der Waals surface area contributed by atoms with Crippen molar-refractivity contribution in [3.63, 3.8) is 0 Å². The first-order chi connectivity index (χ1) is 13.6. The number of hydrazine groups is 1. The van der Waals surface area contributed by atoms with Crippen molar-refractivity contribution in [2.75, 3.05) is 12.0 Å². The fraction of sp³-hybridized carbons (Fsp3) is 0.294. The number of rotatable bonds is 6. The lowest BCUT2D eigenvalue weighted by Crippen LogP contribution is -2.36. The number of nitrogens with one attached hydrogen (secondary N) is 2. The summed E-state index contributed by atoms with van der Waals surface area (Å²) in [4.78, 5) is 35.9. The summed E-state index contributed by atoms with van der Waals surface area (Å²) < 4.78 is 43.4. The number of anilines is 1. The van der Waals surface area contributed by atoms with Crippen molar-refractivity contribution < 1.29 is 32.1 Å². The molecule has 0 spiro atoms. The third-order valence-electron chi connectivity index (χ3n) is 4.35. The van der Waals surface area contributed by atoms with Crippen molar-refractivity contribution in [2.24, 2.45) is 5.92 Å². The van der Waals surface area contributed by atoms with Crippen LogP contribution in [0, 0.1) is 16.0 Å². The summed E-state index contributed by atoms with van der Waals surface area (Å²) in [6.45, 7) is 0.315. The van der Waals surface area contributed by atoms with Gasteiger partial charge in [0.1, 0.15) is 11.4 Å². The molecular weight excluding hydrogens is 397 g/mol. The van der Waals surface area contributed by atoms with E-state index in [-0.39, 0.29) is 31.1 Å². The van der Waals surface area contributed by atoms with Crippen molar-refractivity contribution in [3.05, 3.63) is 58.0 Å². The number of carbonyl (C=O) groups is 2. The standard InChI is InChI=1S/C17H15F3N4O5/c18-17(19,20)11-3-4-13(14(7-11)24(27)28)21-22-16(26)10-6-15(25)23(8-10)9-12-2-1-5-29-12/h1-5,7,10,21H,6,8-9H2,(H,22,26). The van der Waals surface area contributed by atoms with Gasteiger partial charge in [0.05, 0.1) is 29.2 Å². The zero-order valence-corrected chi connectivity index (χ0v) is 14.7. The van der Waals surface area contributed by atoms with Crippen LogP contribution < -0.4 is 10.9 Å². The average molecular weight is 412 g/mol. The van der Waals surface area contributed by atoms with E-state index >= 15 is 0 Å². The minimum atomic E-state index is -4.74. The molecule has 2 aromatic rings. The normalized spacial score (nSPS) is 16.7. The van der Waals surface area contributed by atoms with Gasteiger partial charge in [-0.25, -0.2) is 0 Å². The highest BCUT2D eigenvalue weighted by Gasteiger charge is 2.35. The van der Waals surface area contributed by atoms with Gasteiger partial charge in [-0.1, -0.05) is 0 Å². The minimum Gasteiger partial charge on any atom is -0.467 e. The average Bonchev–Trinajstić information content (AvgIpc) is 3.29. The number of nitro groups is 1. The molecule has 3 rings (SSSR count). The van der Waals surface area contributed by atoms with Crippen molar-refractivity contribution >= 4 is 23.2 Å². The molecule has 1 unspecified atom stereocenters. The first kappa shape index (κ1) is 20.2. The van der Waals surface area contributed by atoms with Gasteiger partial charge in [0, 0.05) is 19.0 Å². The van der Waals surface area contributed by atoms with E-state index in [1.807, 2.05) is 0 Å². The molecule has 12 heteroatoms. The second-order valence-corrected chi connectivity index (χ2v) is 6.36. The molecular formula is C17H15F3N4O5. The maximum absolute atomic E-state index is 12.7. The first-order valence-electron chi connectivity index (χ1n) is 8.37. The summed E-state index contributed by atoms with van der Waals surface area (Å²) in [6.07, 6.45) is -3.35. The minimum absolute atomic E-state index is 0.0661. The van der Waals surface area contributed by atoms with Crippen molar-refractivity contribution in [1.82, 2.24) is 10.3 Å². The van der Waals surface area contributed by atoms with E-state index in [2.05, 4.69) is 10.9 Å². The Kier molecular flexibility index (Phi) is 5.43. The van der Waals surface area contributed by atoms with Gasteiger partial charge in [-0.05, 0) is 24.3 Å². The number of furan rings is 1. The Morgan fingerprint density at radius 1 is 1.34 bits per heavy atom. The number of carbonyl (C=O) groups excluding carboxylic acids is 2. The van der Waals surface area contributed by atoms with Crippen molar-refractivity contribution in [2.45, 2.75) is 19.1 Å². The highest BCUT2D eigenvalue weighted by atomic mass is 19.4. The monoisotopic (exact) mass is 412 g/mol. The molecule has 9 nitrogen and oxygen atoms in total. The number of nitro benzene ring substituents is 1. The lowest BCUT2D eigenvalue weighted by Gasteiger charge is -2.16. The third kappa shape index (κ3) is 4.65. The van der Waals surface area contributed by atoms with Crippen LogP contribution in [0.1, 0.15) is 17.7 Å². The lowest BCUT2D eigenvalue weighted by molar-refractivity contribution is -0.384. The van der Waals surface area contributed by atoms with E-state index in [0.717, 1.165) is 6.07 Å². The van der Waals surface area contributed by atoms with Crippen LogP contribution in [0.2, 0.25) is 0 Å². The number of halogens is 3. The number of likely N-dealkylation sites (tertiary alicyclic amines) is 1. The van der Waals surface area contributed by atoms with Gasteiger partial charge in [-0.15, -0.1) is 0 Å². The Labute approximate surface area is 161 Å². The largest absolute Gasteiger partial charge is 0.467 e. The fourth-order valence-corrected chi connectivity index (χ4v) is 2.89. The van der Waals surface area contributed by atoms with E-state index in [1.54, 1.807) is 12.1 Å². The van der Waals surface area contributed by atoms with Gasteiger partial charge in [0.15, 0.2) is 0 Å². The Bertz CT molecular complexity index is 930. The highest BCUT2D eigenvalue weighted by molar-refractivity contribution is 5.89. The molecule has 1 saturated heterocycles. The lowest BCUT2D eigenvalue weighted by atomic mass is 10.1. The summed E-state index contributed by atoms with van der Waals surface area (Å²) in [5.41, 5.74) is 2.14. The van der Waals surface area contributed by atoms with Gasteiger partial charge in [0.2, 0.25) is 11.8 Å². The molecule has 1 aliphatic heterocycles. The molecule has 1 fully saturated rings. The van der Waals surface area contributed by atoms with Gasteiger partial charge in [-0.2, -0.15) is 13.2 Å². The van der Waals surface area contributed by atoms with Crippen LogP contribution in [0.3, 0.4) is 0 Å². The molecule has 29 heavy (non-hydrogen) atoms. The van der Waals surface area contributed by atoms with Crippen LogP contribution in [0.15, 0.2) is 41.0 Å². The van der Waals surface area contributed by atoms with Gasteiger partial charge < -0.3 is 9.32 Å². The van der Waals surface area contributed by atoms with E-state index in [1.165, 1.54) is 11.2 Å². The number of hydrogen-bond acceptors (Lipinski definition) is 6. The van der Waals surface area contributed by atoms with Gasteiger partial charge in [-0.3, -0.25) is 30.6 Å². The van der Waals surface area contributed by atoms with Crippen molar-refractivity contribution in [1.29, 1.82) is 0 Å². The quantitative estimate of drug-likeness (QED) is 0.556. The van der Waals surface area contributed by atoms with E-state index in [4.69, 9.17) is 4.42 Å². The second-order valence-electron chi connectivity index (χ2n) is 6.36. The Morgan fingerprint density at radius 2 is 2.10 bits per heavy atom. The molecule has 2 N–H and O–H groups in total. The van der Waals surface area contributed by atoms with Crippen LogP contribution in [0.5, 0.6) is 0 Å². The molecule has 0 bridgehead atoms. The maximum atomic E-state index is 12.7. The number of nitrogens with zero attached hydrogens (tertiary/aromatic N) is 2. The summed E-state index contributed by atoms with van der Waals surface area (Å²) in [7, 11) is 0. The number of benzene rings is 1. The summed E-state index contributed by atoms with van der Waals surface area (Å²) in [6, 6.07) is 5.24. The third-order valence-corrected chi connectivity index (χ3v) is 4.35. The topological polar surface area (TPSA) is 118 Å². The predicted molar refractivity (Wildman–Crippen MR) is 92.1 cm³/mol. The summed E-state index contributed by atoms with van der Waals surface area (Å²) in [5, 5.41) is 11.1. The number of amides is 2. The van der Waals surface area contributed by atoms with Crippen LogP contribution in [-0.4, -0.2) is 28.2 Å². The van der Waals surface area contributed by atoms with Gasteiger partial charge in [0.25, 0.3) is 5.69 Å². The molecule has 154 valence electrons. The van der Waals surface area contributed by atoms with Crippen molar-refractivity contribution in [3.8, 4) is 0 Å². The van der Waals surface area contributed by atoms with Crippen LogP contribution >= 0.6 is 0 Å². The molecule has 0 aliphatic carbocycles. The number of alkyl halides is 3.